The van der Waals surface area contributed by atoms with E-state index < -0.39 is 23.1 Å². The molecule has 27 heavy (non-hydrogen) atoms. The van der Waals surface area contributed by atoms with Crippen LogP contribution in [0, 0.1) is 18.6 Å². The first-order valence-electron chi connectivity index (χ1n) is 8.45. The summed E-state index contributed by atoms with van der Waals surface area (Å²) in [5.74, 6) is -2.08. The predicted molar refractivity (Wildman–Crippen MR) is 99.9 cm³/mol. The van der Waals surface area contributed by atoms with Crippen LogP contribution in [0.25, 0.3) is 11.1 Å². The molecule has 0 fully saturated rings. The van der Waals surface area contributed by atoms with Gasteiger partial charge in [-0.25, -0.2) is 13.8 Å². The molecule has 1 amide bonds. The van der Waals surface area contributed by atoms with E-state index in [2.05, 4.69) is 10.3 Å². The number of benzene rings is 2. The van der Waals surface area contributed by atoms with Crippen LogP contribution in [-0.2, 0) is 0 Å². The zero-order chi connectivity index (χ0) is 19.4. The highest BCUT2D eigenvalue weighted by atomic mass is 19.1. The molecule has 1 N–H and O–H groups in total. The molecular weight excluding hydrogens is 350 g/mol. The largest absolute Gasteiger partial charge is 0.478 e. The highest BCUT2D eigenvalue weighted by Crippen LogP contribution is 2.26. The van der Waals surface area contributed by atoms with Crippen LogP contribution < -0.4 is 10.1 Å². The summed E-state index contributed by atoms with van der Waals surface area (Å²) in [7, 11) is 0. The molecule has 0 bridgehead atoms. The van der Waals surface area contributed by atoms with Crippen LogP contribution in [-0.4, -0.2) is 17.5 Å². The van der Waals surface area contributed by atoms with Crippen molar-refractivity contribution in [2.24, 2.45) is 0 Å². The van der Waals surface area contributed by atoms with E-state index in [1.807, 2.05) is 19.9 Å². The van der Waals surface area contributed by atoms with Gasteiger partial charge < -0.3 is 10.1 Å². The lowest BCUT2D eigenvalue weighted by Crippen LogP contribution is -2.15. The SMILES string of the molecule is CCOc1cc(C)c(-c2ccc(NC(=O)c3c(F)cccc3F)cc2)cn1. The Bertz CT molecular complexity index is 952. The van der Waals surface area contributed by atoms with E-state index in [0.717, 1.165) is 28.8 Å². The van der Waals surface area contributed by atoms with Gasteiger partial charge in [0.2, 0.25) is 5.88 Å². The molecule has 138 valence electrons. The lowest BCUT2D eigenvalue weighted by Gasteiger charge is -2.10. The van der Waals surface area contributed by atoms with Gasteiger partial charge in [0.1, 0.15) is 17.2 Å². The summed E-state index contributed by atoms with van der Waals surface area (Å²) >= 11 is 0. The van der Waals surface area contributed by atoms with E-state index in [0.29, 0.717) is 18.2 Å². The summed E-state index contributed by atoms with van der Waals surface area (Å²) in [6.07, 6.45) is 1.72. The van der Waals surface area contributed by atoms with Crippen molar-refractivity contribution in [3.8, 4) is 17.0 Å². The minimum Gasteiger partial charge on any atom is -0.478 e. The molecule has 6 heteroatoms. The second-order valence-electron chi connectivity index (χ2n) is 5.90. The number of amides is 1. The molecule has 1 heterocycles. The molecule has 0 atom stereocenters. The number of aromatic nitrogens is 1. The average molecular weight is 368 g/mol. The fourth-order valence-corrected chi connectivity index (χ4v) is 2.70. The topological polar surface area (TPSA) is 51.2 Å². The first-order valence-corrected chi connectivity index (χ1v) is 8.45. The van der Waals surface area contributed by atoms with Crippen LogP contribution in [0.3, 0.4) is 0 Å². The number of carbonyl (C=O) groups is 1. The number of hydrogen-bond acceptors (Lipinski definition) is 3. The fourth-order valence-electron chi connectivity index (χ4n) is 2.70. The Labute approximate surface area is 155 Å². The summed E-state index contributed by atoms with van der Waals surface area (Å²) in [5.41, 5.74) is 2.66. The lowest BCUT2D eigenvalue weighted by atomic mass is 10.0. The molecule has 3 rings (SSSR count). The van der Waals surface area contributed by atoms with Gasteiger partial charge in [0, 0.05) is 23.5 Å². The summed E-state index contributed by atoms with van der Waals surface area (Å²) in [6, 6.07) is 12.1. The van der Waals surface area contributed by atoms with Crippen molar-refractivity contribution in [1.29, 1.82) is 0 Å². The fraction of sp³-hybridized carbons (Fsp3) is 0.143. The molecule has 0 spiro atoms. The van der Waals surface area contributed by atoms with Crippen LogP contribution in [0.5, 0.6) is 5.88 Å². The highest BCUT2D eigenvalue weighted by molar-refractivity contribution is 6.04. The van der Waals surface area contributed by atoms with Gasteiger partial charge in [-0.3, -0.25) is 4.79 Å². The first kappa shape index (κ1) is 18.5. The Hall–Kier alpha value is -3.28. The summed E-state index contributed by atoms with van der Waals surface area (Å²) in [6.45, 7) is 4.39. The Morgan fingerprint density at radius 3 is 2.37 bits per heavy atom. The van der Waals surface area contributed by atoms with Crippen molar-refractivity contribution in [1.82, 2.24) is 4.98 Å². The smallest absolute Gasteiger partial charge is 0.261 e. The van der Waals surface area contributed by atoms with Gasteiger partial charge in [0.05, 0.1) is 6.61 Å². The molecule has 0 aliphatic rings. The van der Waals surface area contributed by atoms with E-state index >= 15 is 0 Å². The molecule has 3 aromatic rings. The Morgan fingerprint density at radius 1 is 1.11 bits per heavy atom. The number of nitrogens with one attached hydrogen (secondary N) is 1. The maximum absolute atomic E-state index is 13.7. The van der Waals surface area contributed by atoms with Gasteiger partial charge in [-0.2, -0.15) is 0 Å². The van der Waals surface area contributed by atoms with Crippen molar-refractivity contribution in [3.05, 3.63) is 77.5 Å². The molecule has 0 saturated carbocycles. The standard InChI is InChI=1S/C21H18F2N2O2/c1-3-27-19-11-13(2)16(12-24-19)14-7-9-15(10-8-14)25-21(26)20-17(22)5-4-6-18(20)23/h4-12H,3H2,1-2H3,(H,25,26). The maximum Gasteiger partial charge on any atom is 0.261 e. The molecule has 0 aliphatic heterocycles. The number of ether oxygens (including phenoxy) is 1. The van der Waals surface area contributed by atoms with Crippen molar-refractivity contribution in [2.45, 2.75) is 13.8 Å². The normalized spacial score (nSPS) is 10.5. The number of carbonyl (C=O) groups excluding carboxylic acids is 1. The zero-order valence-corrected chi connectivity index (χ0v) is 14.9. The number of pyridine rings is 1. The van der Waals surface area contributed by atoms with E-state index in [4.69, 9.17) is 4.74 Å². The molecule has 4 nitrogen and oxygen atoms in total. The van der Waals surface area contributed by atoms with Crippen LogP contribution in [0.4, 0.5) is 14.5 Å². The average Bonchev–Trinajstić information content (AvgIpc) is 2.63. The summed E-state index contributed by atoms with van der Waals surface area (Å²) in [4.78, 5) is 16.4. The lowest BCUT2D eigenvalue weighted by molar-refractivity contribution is 0.101. The number of anilines is 1. The zero-order valence-electron chi connectivity index (χ0n) is 14.9. The second-order valence-corrected chi connectivity index (χ2v) is 5.90. The van der Waals surface area contributed by atoms with Gasteiger partial charge >= 0.3 is 0 Å². The third-order valence-corrected chi connectivity index (χ3v) is 4.02. The summed E-state index contributed by atoms with van der Waals surface area (Å²) < 4.78 is 32.8. The maximum atomic E-state index is 13.7. The van der Waals surface area contributed by atoms with E-state index in [1.54, 1.807) is 30.5 Å². The predicted octanol–water partition coefficient (Wildman–Crippen LogP) is 4.99. The van der Waals surface area contributed by atoms with E-state index in [1.165, 1.54) is 6.07 Å². The number of hydrogen-bond donors (Lipinski definition) is 1. The van der Waals surface area contributed by atoms with Gasteiger partial charge in [0.15, 0.2) is 0 Å². The van der Waals surface area contributed by atoms with Crippen molar-refractivity contribution >= 4 is 11.6 Å². The van der Waals surface area contributed by atoms with Gasteiger partial charge in [-0.15, -0.1) is 0 Å². The van der Waals surface area contributed by atoms with E-state index in [-0.39, 0.29) is 0 Å². The minimum absolute atomic E-state index is 0.433. The molecular formula is C21H18F2N2O2. The minimum atomic E-state index is -0.903. The molecule has 0 aliphatic carbocycles. The number of halogens is 2. The summed E-state index contributed by atoms with van der Waals surface area (Å²) in [5, 5.41) is 2.50. The Kier molecular flexibility index (Phi) is 5.45. The quantitative estimate of drug-likeness (QED) is 0.690. The van der Waals surface area contributed by atoms with Crippen LogP contribution >= 0.6 is 0 Å². The van der Waals surface area contributed by atoms with Crippen molar-refractivity contribution in [2.75, 3.05) is 11.9 Å². The molecule has 2 aromatic carbocycles. The molecule has 1 aromatic heterocycles. The van der Waals surface area contributed by atoms with Crippen LogP contribution in [0.2, 0.25) is 0 Å². The highest BCUT2D eigenvalue weighted by Gasteiger charge is 2.17. The van der Waals surface area contributed by atoms with Crippen molar-refractivity contribution in [3.63, 3.8) is 0 Å². The Balaban J connectivity index is 1.79. The van der Waals surface area contributed by atoms with Gasteiger partial charge in [0.25, 0.3) is 5.91 Å². The van der Waals surface area contributed by atoms with E-state index in [9.17, 15) is 13.6 Å². The number of nitrogens with zero attached hydrogens (tertiary/aromatic N) is 1. The first-order chi connectivity index (χ1) is 13.0. The number of aryl methyl sites for hydroxylation is 1. The van der Waals surface area contributed by atoms with Crippen molar-refractivity contribution < 1.29 is 18.3 Å². The monoisotopic (exact) mass is 368 g/mol. The van der Waals surface area contributed by atoms with Crippen LogP contribution in [0.1, 0.15) is 22.8 Å². The molecule has 0 radical (unpaired) electrons. The molecule has 0 unspecified atom stereocenters. The third kappa shape index (κ3) is 4.11. The third-order valence-electron chi connectivity index (χ3n) is 4.02. The second kappa shape index (κ2) is 7.95. The number of rotatable bonds is 5. The van der Waals surface area contributed by atoms with Crippen LogP contribution in [0.15, 0.2) is 54.7 Å². The molecule has 0 saturated heterocycles. The Morgan fingerprint density at radius 2 is 1.78 bits per heavy atom. The van der Waals surface area contributed by atoms with Gasteiger partial charge in [-0.05, 0) is 49.2 Å². The van der Waals surface area contributed by atoms with Gasteiger partial charge in [-0.1, -0.05) is 18.2 Å².